The van der Waals surface area contributed by atoms with Gasteiger partial charge in [-0.15, -0.1) is 36.6 Å². The van der Waals surface area contributed by atoms with Gasteiger partial charge in [0.15, 0.2) is 0 Å². The Morgan fingerprint density at radius 3 is 2.63 bits per heavy atom. The van der Waals surface area contributed by atoms with Crippen molar-refractivity contribution in [3.63, 3.8) is 0 Å². The van der Waals surface area contributed by atoms with Crippen LogP contribution in [0.1, 0.15) is 31.2 Å². The maximum atomic E-state index is 13.1. The number of thiophene rings is 1. The Kier molecular flexibility index (Phi) is 10.7. The molecule has 1 aromatic heterocycles. The van der Waals surface area contributed by atoms with Gasteiger partial charge in [0.25, 0.3) is 17.7 Å². The van der Waals surface area contributed by atoms with Crippen LogP contribution in [0.5, 0.6) is 0 Å². The molecule has 2 aromatic rings. The summed E-state index contributed by atoms with van der Waals surface area (Å²) >= 11 is 14.5. The number of carbonyl (C=O) groups excluding carboxylic acids is 3. The van der Waals surface area contributed by atoms with Crippen LogP contribution in [0.15, 0.2) is 69.8 Å². The third-order valence-electron chi connectivity index (χ3n) is 5.77. The van der Waals surface area contributed by atoms with Gasteiger partial charge in [-0.1, -0.05) is 30.9 Å². The number of fused-ring (bicyclic) bond motifs is 1. The molecule has 0 unspecified atom stereocenters. The zero-order chi connectivity index (χ0) is 27.8. The molecule has 3 rings (SSSR count). The zero-order valence-corrected chi connectivity index (χ0v) is 23.7. The van der Waals surface area contributed by atoms with Gasteiger partial charge in [-0.25, -0.2) is 4.79 Å². The minimum atomic E-state index is -1.36. The highest BCUT2D eigenvalue weighted by Crippen LogP contribution is 2.33. The molecule has 8 nitrogen and oxygen atoms in total. The number of carbonyl (C=O) groups is 4. The first-order valence-corrected chi connectivity index (χ1v) is 13.9. The lowest BCUT2D eigenvalue weighted by atomic mass is 9.95. The first-order chi connectivity index (χ1) is 18.2. The fourth-order valence-electron chi connectivity index (χ4n) is 3.90. The van der Waals surface area contributed by atoms with Crippen molar-refractivity contribution in [2.75, 3.05) is 18.8 Å². The third-order valence-corrected chi connectivity index (χ3v) is 7.67. The number of nitrogens with zero attached hydrogens (tertiary/aromatic N) is 1. The summed E-state index contributed by atoms with van der Waals surface area (Å²) in [7, 11) is 0. The molecule has 38 heavy (non-hydrogen) atoms. The van der Waals surface area contributed by atoms with Crippen molar-refractivity contribution in [1.82, 2.24) is 15.5 Å². The van der Waals surface area contributed by atoms with Crippen LogP contribution in [0.25, 0.3) is 0 Å². The van der Waals surface area contributed by atoms with Crippen LogP contribution in [0.3, 0.4) is 0 Å². The molecule has 0 bridgehead atoms. The predicted octanol–water partition coefficient (Wildman–Crippen LogP) is 3.42. The van der Waals surface area contributed by atoms with E-state index in [0.29, 0.717) is 45.5 Å². The molecule has 0 radical (unpaired) electrons. The fraction of sp³-hybridized carbons (Fsp3) is 0.231. The van der Waals surface area contributed by atoms with Crippen molar-refractivity contribution in [1.29, 1.82) is 0 Å². The van der Waals surface area contributed by atoms with Crippen LogP contribution >= 0.6 is 49.2 Å². The number of benzene rings is 1. The average Bonchev–Trinajstić information content (AvgIpc) is 3.43. The second-order valence-corrected chi connectivity index (χ2v) is 10.5. The van der Waals surface area contributed by atoms with Gasteiger partial charge in [0.2, 0.25) is 0 Å². The van der Waals surface area contributed by atoms with E-state index in [0.717, 1.165) is 11.1 Å². The van der Waals surface area contributed by atoms with Crippen molar-refractivity contribution in [2.24, 2.45) is 0 Å². The van der Waals surface area contributed by atoms with Crippen molar-refractivity contribution < 1.29 is 24.3 Å². The van der Waals surface area contributed by atoms with Gasteiger partial charge in [-0.2, -0.15) is 12.6 Å². The van der Waals surface area contributed by atoms with Gasteiger partial charge in [0.1, 0.15) is 6.04 Å². The molecule has 200 valence electrons. The molecule has 2 heterocycles. The number of aliphatic carboxylic acids is 1. The molecule has 0 saturated heterocycles. The van der Waals surface area contributed by atoms with Crippen molar-refractivity contribution in [2.45, 2.75) is 28.8 Å². The standard InChI is InChI=1S/C26H27N3O5S4/c1-2-3-5-15(8-10-35)25(32)29-9-7-17-16(14-29)12-19(36)21(22(17)37)24(31)28-18(26(33)34)13-27-23(30)20-6-4-11-38-20/h2-6,8,11-12,18,35-37H,1,7,9-10,13-14H2,(H,27,30)(H,28,31)(H,33,34)/b5-3-,15-8+/t18-/m0/s1. The number of amides is 3. The summed E-state index contributed by atoms with van der Waals surface area (Å²) in [6, 6.07) is 3.66. The molecule has 0 fully saturated rings. The van der Waals surface area contributed by atoms with E-state index in [4.69, 9.17) is 0 Å². The molecule has 1 atom stereocenters. The molecule has 1 aromatic carbocycles. The van der Waals surface area contributed by atoms with E-state index in [-0.39, 0.29) is 18.0 Å². The summed E-state index contributed by atoms with van der Waals surface area (Å²) in [6.07, 6.45) is 7.14. The van der Waals surface area contributed by atoms with Gasteiger partial charge in [-0.3, -0.25) is 14.4 Å². The fourth-order valence-corrected chi connectivity index (χ4v) is 5.67. The molecular weight excluding hydrogens is 563 g/mol. The molecular formula is C26H27N3O5S4. The van der Waals surface area contributed by atoms with Crippen LogP contribution in [0, 0.1) is 0 Å². The first-order valence-electron chi connectivity index (χ1n) is 11.5. The van der Waals surface area contributed by atoms with Crippen LogP contribution < -0.4 is 10.6 Å². The molecule has 0 saturated carbocycles. The van der Waals surface area contributed by atoms with Gasteiger partial charge in [0.05, 0.1) is 10.4 Å². The highest BCUT2D eigenvalue weighted by Gasteiger charge is 2.29. The Hall–Kier alpha value is -2.93. The van der Waals surface area contributed by atoms with Crippen LogP contribution in [-0.4, -0.2) is 58.6 Å². The Bertz CT molecular complexity index is 1300. The lowest BCUT2D eigenvalue weighted by molar-refractivity contribution is -0.139. The SMILES string of the molecule is C=C/C=C\C(=C/CS)C(=O)N1CCc2c(cc(S)c(C(=O)N[C@@H](CNC(=O)c3cccs3)C(=O)O)c2S)C1. The molecule has 0 aliphatic carbocycles. The van der Waals surface area contributed by atoms with Gasteiger partial charge in [0, 0.05) is 40.8 Å². The maximum absolute atomic E-state index is 13.1. The van der Waals surface area contributed by atoms with E-state index in [9.17, 15) is 24.3 Å². The topological polar surface area (TPSA) is 116 Å². The smallest absolute Gasteiger partial charge is 0.328 e. The van der Waals surface area contributed by atoms with Gasteiger partial charge < -0.3 is 20.6 Å². The minimum Gasteiger partial charge on any atom is -0.480 e. The highest BCUT2D eigenvalue weighted by molar-refractivity contribution is 7.81. The molecule has 3 amide bonds. The van der Waals surface area contributed by atoms with Crippen LogP contribution in [0.4, 0.5) is 0 Å². The van der Waals surface area contributed by atoms with E-state index >= 15 is 0 Å². The molecule has 0 spiro atoms. The van der Waals surface area contributed by atoms with E-state index < -0.39 is 23.8 Å². The van der Waals surface area contributed by atoms with Gasteiger partial charge in [-0.05, 0) is 41.1 Å². The number of hydrogen-bond acceptors (Lipinski definition) is 8. The van der Waals surface area contributed by atoms with E-state index in [1.54, 1.807) is 52.8 Å². The summed E-state index contributed by atoms with van der Waals surface area (Å²) in [5.41, 5.74) is 2.23. The number of rotatable bonds is 10. The van der Waals surface area contributed by atoms with Crippen molar-refractivity contribution in [3.05, 3.63) is 81.6 Å². The second-order valence-electron chi connectivity index (χ2n) is 8.22. The number of hydrogen-bond donors (Lipinski definition) is 6. The lowest BCUT2D eigenvalue weighted by Crippen LogP contribution is -2.48. The summed E-state index contributed by atoms with van der Waals surface area (Å²) in [4.78, 5) is 53.0. The van der Waals surface area contributed by atoms with Crippen molar-refractivity contribution >= 4 is 72.9 Å². The second kappa shape index (κ2) is 13.7. The molecule has 12 heteroatoms. The van der Waals surface area contributed by atoms with Crippen LogP contribution in [0.2, 0.25) is 0 Å². The Morgan fingerprint density at radius 1 is 1.24 bits per heavy atom. The first kappa shape index (κ1) is 29.6. The normalized spacial score (nSPS) is 14.1. The third kappa shape index (κ3) is 7.13. The van der Waals surface area contributed by atoms with Gasteiger partial charge >= 0.3 is 5.97 Å². The summed E-state index contributed by atoms with van der Waals surface area (Å²) in [5, 5.41) is 16.3. The average molecular weight is 590 g/mol. The number of allylic oxidation sites excluding steroid dienone is 2. The summed E-state index contributed by atoms with van der Waals surface area (Å²) < 4.78 is 0. The number of carboxylic acid groups (broad SMARTS) is 1. The molecule has 1 aliphatic heterocycles. The monoisotopic (exact) mass is 589 g/mol. The van der Waals surface area contributed by atoms with Crippen molar-refractivity contribution in [3.8, 4) is 0 Å². The van der Waals surface area contributed by atoms with E-state index in [1.807, 2.05) is 0 Å². The Balaban J connectivity index is 1.76. The lowest BCUT2D eigenvalue weighted by Gasteiger charge is -2.31. The number of nitrogens with one attached hydrogen (secondary N) is 2. The Labute approximate surface area is 241 Å². The number of thiol groups is 3. The molecule has 1 aliphatic rings. The van der Waals surface area contributed by atoms with E-state index in [2.05, 4.69) is 55.1 Å². The zero-order valence-electron chi connectivity index (χ0n) is 20.2. The predicted molar refractivity (Wildman–Crippen MR) is 157 cm³/mol. The van der Waals surface area contributed by atoms with Crippen LogP contribution in [-0.2, 0) is 22.6 Å². The largest absolute Gasteiger partial charge is 0.480 e. The van der Waals surface area contributed by atoms with E-state index in [1.165, 1.54) is 11.3 Å². The quantitative estimate of drug-likeness (QED) is 0.144. The maximum Gasteiger partial charge on any atom is 0.328 e. The highest BCUT2D eigenvalue weighted by atomic mass is 32.1. The summed E-state index contributed by atoms with van der Waals surface area (Å²) in [6.45, 7) is 4.04. The summed E-state index contributed by atoms with van der Waals surface area (Å²) in [5.74, 6) is -2.14. The number of carboxylic acids is 1. The minimum absolute atomic E-state index is 0.135. The molecule has 3 N–H and O–H groups in total. The Morgan fingerprint density at radius 2 is 2.00 bits per heavy atom.